The van der Waals surface area contributed by atoms with E-state index in [1.54, 1.807) is 20.8 Å². The summed E-state index contributed by atoms with van der Waals surface area (Å²) in [5.74, 6) is -1.45. The van der Waals surface area contributed by atoms with Crippen molar-refractivity contribution >= 4 is 17.8 Å². The summed E-state index contributed by atoms with van der Waals surface area (Å²) in [6, 6.07) is 0. The van der Waals surface area contributed by atoms with Gasteiger partial charge in [-0.1, -0.05) is 0 Å². The van der Waals surface area contributed by atoms with Gasteiger partial charge < -0.3 is 20.6 Å². The average Bonchev–Trinajstić information content (AvgIpc) is 2.37. The van der Waals surface area contributed by atoms with Crippen LogP contribution in [-0.2, 0) is 4.74 Å². The van der Waals surface area contributed by atoms with Crippen LogP contribution in [0, 0.1) is 6.92 Å². The Kier molecular flexibility index (Phi) is 3.17. The second-order valence-electron chi connectivity index (χ2n) is 4.64. The maximum absolute atomic E-state index is 11.9. The lowest BCUT2D eigenvalue weighted by Gasteiger charge is -2.19. The number of nitrogens with two attached hydrogens (primary N) is 2. The summed E-state index contributed by atoms with van der Waals surface area (Å²) in [7, 11) is 0. The van der Waals surface area contributed by atoms with E-state index >= 15 is 0 Å². The predicted molar refractivity (Wildman–Crippen MR) is 61.5 cm³/mol. The van der Waals surface area contributed by atoms with Crippen LogP contribution in [0.15, 0.2) is 4.42 Å². The Balaban J connectivity index is 3.22. The highest BCUT2D eigenvalue weighted by Crippen LogP contribution is 2.26. The number of ether oxygens (including phenoxy) is 1. The zero-order valence-corrected chi connectivity index (χ0v) is 10.3. The van der Waals surface area contributed by atoms with Crippen LogP contribution in [0.25, 0.3) is 0 Å². The highest BCUT2D eigenvalue weighted by Gasteiger charge is 2.29. The van der Waals surface area contributed by atoms with Crippen LogP contribution in [0.1, 0.15) is 47.2 Å². The number of aryl methyl sites for hydroxylation is 1. The molecule has 0 aromatic carbocycles. The van der Waals surface area contributed by atoms with Crippen molar-refractivity contribution in [3.8, 4) is 0 Å². The van der Waals surface area contributed by atoms with Crippen LogP contribution >= 0.6 is 0 Å². The van der Waals surface area contributed by atoms with E-state index in [0.29, 0.717) is 0 Å². The molecule has 1 amide bonds. The second kappa shape index (κ2) is 4.12. The SMILES string of the molecule is Cc1oc(N)c(C(N)=O)c1C(=O)OC(C)(C)C. The van der Waals surface area contributed by atoms with E-state index < -0.39 is 17.5 Å². The molecule has 0 saturated heterocycles. The van der Waals surface area contributed by atoms with E-state index in [-0.39, 0.29) is 22.8 Å². The second-order valence-corrected chi connectivity index (χ2v) is 4.64. The summed E-state index contributed by atoms with van der Waals surface area (Å²) < 4.78 is 10.2. The molecule has 94 valence electrons. The van der Waals surface area contributed by atoms with Gasteiger partial charge in [0.05, 0.1) is 0 Å². The van der Waals surface area contributed by atoms with Gasteiger partial charge in [0.15, 0.2) is 0 Å². The molecule has 1 aromatic heterocycles. The molecule has 0 aliphatic rings. The first kappa shape index (κ1) is 13.1. The number of anilines is 1. The van der Waals surface area contributed by atoms with E-state index in [1.165, 1.54) is 6.92 Å². The van der Waals surface area contributed by atoms with Gasteiger partial charge in [-0.25, -0.2) is 4.79 Å². The van der Waals surface area contributed by atoms with Crippen molar-refractivity contribution in [1.29, 1.82) is 0 Å². The molecule has 0 aliphatic carbocycles. The van der Waals surface area contributed by atoms with Crippen LogP contribution in [0.4, 0.5) is 5.88 Å². The number of furan rings is 1. The fraction of sp³-hybridized carbons (Fsp3) is 0.455. The lowest BCUT2D eigenvalue weighted by atomic mass is 10.1. The smallest absolute Gasteiger partial charge is 0.343 e. The van der Waals surface area contributed by atoms with Gasteiger partial charge in [0.25, 0.3) is 5.91 Å². The van der Waals surface area contributed by atoms with E-state index in [0.717, 1.165) is 0 Å². The average molecular weight is 240 g/mol. The van der Waals surface area contributed by atoms with Crippen LogP contribution < -0.4 is 11.5 Å². The summed E-state index contributed by atoms with van der Waals surface area (Å²) in [6.45, 7) is 6.66. The van der Waals surface area contributed by atoms with Crippen molar-refractivity contribution in [2.24, 2.45) is 5.73 Å². The zero-order chi connectivity index (χ0) is 13.4. The molecular formula is C11H16N2O4. The summed E-state index contributed by atoms with van der Waals surface area (Å²) in [6.07, 6.45) is 0. The van der Waals surface area contributed by atoms with Crippen LogP contribution in [0.5, 0.6) is 0 Å². The molecule has 0 fully saturated rings. The Labute approximate surface area is 98.9 Å². The number of esters is 1. The minimum Gasteiger partial charge on any atom is -0.456 e. The Hall–Kier alpha value is -1.98. The van der Waals surface area contributed by atoms with Gasteiger partial charge in [-0.05, 0) is 27.7 Å². The molecule has 6 nitrogen and oxygen atoms in total. The van der Waals surface area contributed by atoms with Gasteiger partial charge >= 0.3 is 5.97 Å². The molecule has 1 aromatic rings. The Bertz CT molecular complexity index is 469. The lowest BCUT2D eigenvalue weighted by Crippen LogP contribution is -2.26. The summed E-state index contributed by atoms with van der Waals surface area (Å²) >= 11 is 0. The Morgan fingerprint density at radius 1 is 1.24 bits per heavy atom. The van der Waals surface area contributed by atoms with Crippen molar-refractivity contribution in [3.05, 3.63) is 16.9 Å². The van der Waals surface area contributed by atoms with Crippen LogP contribution in [0.2, 0.25) is 0 Å². The molecule has 0 saturated carbocycles. The van der Waals surface area contributed by atoms with Crippen LogP contribution in [0.3, 0.4) is 0 Å². The van der Waals surface area contributed by atoms with Crippen molar-refractivity contribution in [2.45, 2.75) is 33.3 Å². The van der Waals surface area contributed by atoms with Gasteiger partial charge in [-0.3, -0.25) is 4.79 Å². The maximum atomic E-state index is 11.9. The minimum absolute atomic E-state index is 0.00933. The summed E-state index contributed by atoms with van der Waals surface area (Å²) in [5, 5.41) is 0. The quantitative estimate of drug-likeness (QED) is 0.755. The van der Waals surface area contributed by atoms with Gasteiger partial charge in [-0.2, -0.15) is 0 Å². The fourth-order valence-electron chi connectivity index (χ4n) is 1.39. The topological polar surface area (TPSA) is 109 Å². The molecule has 6 heteroatoms. The summed E-state index contributed by atoms with van der Waals surface area (Å²) in [4.78, 5) is 23.1. The molecule has 1 heterocycles. The molecule has 0 unspecified atom stereocenters. The first-order chi connectivity index (χ1) is 7.63. The number of hydrogen-bond acceptors (Lipinski definition) is 5. The standard InChI is InChI=1S/C11H16N2O4/c1-5-6(10(15)17-11(2,3)4)7(8(12)14)9(13)16-5/h13H2,1-4H3,(H2,12,14). The highest BCUT2D eigenvalue weighted by atomic mass is 16.6. The molecule has 0 aliphatic heterocycles. The van der Waals surface area contributed by atoms with E-state index in [1.807, 2.05) is 0 Å². The number of carbonyl (C=O) groups is 2. The first-order valence-corrected chi connectivity index (χ1v) is 5.05. The highest BCUT2D eigenvalue weighted by molar-refractivity contribution is 6.08. The number of rotatable bonds is 2. The third-order valence-corrected chi connectivity index (χ3v) is 1.96. The molecule has 0 spiro atoms. The molecule has 1 rings (SSSR count). The third-order valence-electron chi connectivity index (χ3n) is 1.96. The Morgan fingerprint density at radius 2 is 1.76 bits per heavy atom. The third kappa shape index (κ3) is 2.77. The van der Waals surface area contributed by atoms with E-state index in [2.05, 4.69) is 0 Å². The number of primary amides is 1. The number of amides is 1. The zero-order valence-electron chi connectivity index (χ0n) is 10.3. The maximum Gasteiger partial charge on any atom is 0.343 e. The van der Waals surface area contributed by atoms with E-state index in [4.69, 9.17) is 20.6 Å². The molecular weight excluding hydrogens is 224 g/mol. The molecule has 0 atom stereocenters. The number of nitrogen functional groups attached to an aromatic ring is 1. The monoisotopic (exact) mass is 240 g/mol. The minimum atomic E-state index is -0.819. The molecule has 0 bridgehead atoms. The fourth-order valence-corrected chi connectivity index (χ4v) is 1.39. The lowest BCUT2D eigenvalue weighted by molar-refractivity contribution is 0.00662. The predicted octanol–water partition coefficient (Wildman–Crippen LogP) is 1.22. The van der Waals surface area contributed by atoms with Crippen molar-refractivity contribution in [3.63, 3.8) is 0 Å². The first-order valence-electron chi connectivity index (χ1n) is 5.05. The van der Waals surface area contributed by atoms with Gasteiger partial charge in [0.2, 0.25) is 5.88 Å². The number of hydrogen-bond donors (Lipinski definition) is 2. The van der Waals surface area contributed by atoms with Gasteiger partial charge in [0.1, 0.15) is 22.5 Å². The van der Waals surface area contributed by atoms with Crippen LogP contribution in [-0.4, -0.2) is 17.5 Å². The molecule has 0 radical (unpaired) electrons. The van der Waals surface area contributed by atoms with Crippen molar-refractivity contribution < 1.29 is 18.7 Å². The van der Waals surface area contributed by atoms with E-state index in [9.17, 15) is 9.59 Å². The molecule has 4 N–H and O–H groups in total. The van der Waals surface area contributed by atoms with Gasteiger partial charge in [0, 0.05) is 0 Å². The van der Waals surface area contributed by atoms with Crippen molar-refractivity contribution in [1.82, 2.24) is 0 Å². The summed E-state index contributed by atoms with van der Waals surface area (Å²) in [5.41, 5.74) is 9.80. The normalized spacial score (nSPS) is 11.3. The molecule has 17 heavy (non-hydrogen) atoms. The van der Waals surface area contributed by atoms with Crippen molar-refractivity contribution in [2.75, 3.05) is 5.73 Å². The van der Waals surface area contributed by atoms with Gasteiger partial charge in [-0.15, -0.1) is 0 Å². The largest absolute Gasteiger partial charge is 0.456 e. The Morgan fingerprint density at radius 3 is 2.18 bits per heavy atom. The number of carbonyl (C=O) groups excluding carboxylic acids is 2.